The molecule has 266 valence electrons. The Balaban J connectivity index is 1.04. The van der Waals surface area contributed by atoms with Gasteiger partial charge in [0, 0.05) is 58.9 Å². The van der Waals surface area contributed by atoms with Crippen LogP contribution >= 0.6 is 0 Å². The van der Waals surface area contributed by atoms with Gasteiger partial charge in [0.1, 0.15) is 23.4 Å². The molecule has 3 aliphatic heterocycles. The molecule has 8 aliphatic rings. The lowest BCUT2D eigenvalue weighted by atomic mass is 9.61. The standard InChI is InChI=1S/C51H45NO2/c1-51(30-29-38-37-19-8-11-23-42(37)52(43(38)32-51)35-17-6-3-7-18-35)34-27-28-46-41(31-34)48(39-20-9-12-24-44(39)53-46)50-40-21-10-13-25-45(40)54-47-26-14-22-36(49(47)50)33-15-4-2-5-16-33/h3-4,6-26,29-31,37,42,47-50H,2,5,27-28,32H2,1H3. The Kier molecular flexibility index (Phi) is 7.40. The van der Waals surface area contributed by atoms with Crippen molar-refractivity contribution >= 4 is 5.69 Å². The van der Waals surface area contributed by atoms with E-state index in [0.717, 1.165) is 49.4 Å². The first-order valence-electron chi connectivity index (χ1n) is 20.0. The van der Waals surface area contributed by atoms with E-state index in [4.69, 9.17) is 9.47 Å². The lowest BCUT2D eigenvalue weighted by Gasteiger charge is -2.47. The van der Waals surface area contributed by atoms with Gasteiger partial charge in [0.05, 0.1) is 6.04 Å². The van der Waals surface area contributed by atoms with Crippen molar-refractivity contribution in [3.63, 3.8) is 0 Å². The first-order valence-corrected chi connectivity index (χ1v) is 20.0. The number of nitrogens with zero attached hydrogens (tertiary/aromatic N) is 1. The number of benzene rings is 3. The van der Waals surface area contributed by atoms with Crippen molar-refractivity contribution in [2.24, 2.45) is 17.3 Å². The highest BCUT2D eigenvalue weighted by molar-refractivity contribution is 5.65. The molecule has 0 saturated heterocycles. The molecule has 0 amide bonds. The maximum absolute atomic E-state index is 6.90. The molecule has 0 radical (unpaired) electrons. The molecule has 3 aromatic rings. The van der Waals surface area contributed by atoms with E-state index >= 15 is 0 Å². The summed E-state index contributed by atoms with van der Waals surface area (Å²) in [6, 6.07) is 28.9. The predicted molar refractivity (Wildman–Crippen MR) is 218 cm³/mol. The van der Waals surface area contributed by atoms with Crippen molar-refractivity contribution in [3.05, 3.63) is 208 Å². The molecule has 7 unspecified atom stereocenters. The van der Waals surface area contributed by atoms with Crippen LogP contribution in [0.1, 0.15) is 62.0 Å². The van der Waals surface area contributed by atoms with Gasteiger partial charge in [-0.3, -0.25) is 0 Å². The monoisotopic (exact) mass is 703 g/mol. The summed E-state index contributed by atoms with van der Waals surface area (Å²) in [5.74, 6) is 3.93. The van der Waals surface area contributed by atoms with Gasteiger partial charge in [0.2, 0.25) is 0 Å². The molecule has 54 heavy (non-hydrogen) atoms. The van der Waals surface area contributed by atoms with Crippen molar-refractivity contribution in [2.45, 2.75) is 63.0 Å². The molecule has 0 N–H and O–H groups in total. The summed E-state index contributed by atoms with van der Waals surface area (Å²) >= 11 is 0. The van der Waals surface area contributed by atoms with E-state index < -0.39 is 0 Å². The zero-order valence-electron chi connectivity index (χ0n) is 30.8. The maximum atomic E-state index is 6.90. The molecule has 0 saturated carbocycles. The summed E-state index contributed by atoms with van der Waals surface area (Å²) in [7, 11) is 0. The first kappa shape index (κ1) is 31.9. The molecule has 5 aliphatic carbocycles. The molecule has 0 bridgehead atoms. The van der Waals surface area contributed by atoms with Gasteiger partial charge in [0.15, 0.2) is 0 Å². The highest BCUT2D eigenvalue weighted by Gasteiger charge is 2.50. The summed E-state index contributed by atoms with van der Waals surface area (Å²) in [6.45, 7) is 2.47. The molecule has 3 nitrogen and oxygen atoms in total. The fourth-order valence-electron chi connectivity index (χ4n) is 10.8. The van der Waals surface area contributed by atoms with Crippen LogP contribution in [-0.4, -0.2) is 12.1 Å². The number of anilines is 1. The number of hydrogen-bond acceptors (Lipinski definition) is 3. The third-order valence-electron chi connectivity index (χ3n) is 13.3. The average molecular weight is 704 g/mol. The second-order valence-electron chi connectivity index (χ2n) is 16.3. The van der Waals surface area contributed by atoms with Crippen molar-refractivity contribution in [2.75, 3.05) is 4.90 Å². The molecule has 7 atom stereocenters. The smallest absolute Gasteiger partial charge is 0.130 e. The highest BCUT2D eigenvalue weighted by atomic mass is 16.5. The van der Waals surface area contributed by atoms with Gasteiger partial charge < -0.3 is 14.4 Å². The third-order valence-corrected chi connectivity index (χ3v) is 13.3. The zero-order valence-corrected chi connectivity index (χ0v) is 30.8. The Hall–Kier alpha value is -5.54. The molecule has 0 aromatic heterocycles. The molecule has 11 rings (SSSR count). The molecule has 3 aromatic carbocycles. The largest absolute Gasteiger partial charge is 0.485 e. The average Bonchev–Trinajstić information content (AvgIpc) is 3.55. The van der Waals surface area contributed by atoms with Crippen LogP contribution in [0.4, 0.5) is 5.69 Å². The van der Waals surface area contributed by atoms with Crippen molar-refractivity contribution in [3.8, 4) is 11.5 Å². The fourth-order valence-corrected chi connectivity index (χ4v) is 10.8. The maximum Gasteiger partial charge on any atom is 0.130 e. The van der Waals surface area contributed by atoms with Crippen molar-refractivity contribution in [1.29, 1.82) is 0 Å². The van der Waals surface area contributed by atoms with Gasteiger partial charge >= 0.3 is 0 Å². The Morgan fingerprint density at radius 2 is 1.56 bits per heavy atom. The van der Waals surface area contributed by atoms with E-state index in [1.54, 1.807) is 0 Å². The van der Waals surface area contributed by atoms with Crippen LogP contribution in [-0.2, 0) is 0 Å². The second-order valence-corrected chi connectivity index (χ2v) is 16.3. The Bertz CT molecular complexity index is 2380. The number of ether oxygens (including phenoxy) is 2. The van der Waals surface area contributed by atoms with Gasteiger partial charge in [-0.25, -0.2) is 0 Å². The van der Waals surface area contributed by atoms with Crippen molar-refractivity contribution < 1.29 is 9.47 Å². The van der Waals surface area contributed by atoms with Crippen LogP contribution in [0.25, 0.3) is 0 Å². The van der Waals surface area contributed by atoms with Gasteiger partial charge in [-0.15, -0.1) is 0 Å². The highest BCUT2D eigenvalue weighted by Crippen LogP contribution is 2.60. The second kappa shape index (κ2) is 12.5. The first-order chi connectivity index (χ1) is 26.6. The lowest BCUT2D eigenvalue weighted by Crippen LogP contribution is -2.41. The van der Waals surface area contributed by atoms with E-state index in [2.05, 4.69) is 170 Å². The van der Waals surface area contributed by atoms with Crippen LogP contribution in [0.15, 0.2) is 197 Å². The number of rotatable bonds is 4. The van der Waals surface area contributed by atoms with E-state index in [9.17, 15) is 0 Å². The van der Waals surface area contributed by atoms with Crippen LogP contribution in [0.2, 0.25) is 0 Å². The molecule has 3 heterocycles. The van der Waals surface area contributed by atoms with Crippen LogP contribution < -0.4 is 14.4 Å². The van der Waals surface area contributed by atoms with Crippen LogP contribution in [0, 0.1) is 17.3 Å². The van der Waals surface area contributed by atoms with Gasteiger partial charge in [0.25, 0.3) is 0 Å². The Morgan fingerprint density at radius 1 is 0.741 bits per heavy atom. The van der Waals surface area contributed by atoms with E-state index in [-0.39, 0.29) is 29.3 Å². The summed E-state index contributed by atoms with van der Waals surface area (Å²) in [5, 5.41) is 0. The van der Waals surface area contributed by atoms with Crippen LogP contribution in [0.3, 0.4) is 0 Å². The summed E-state index contributed by atoms with van der Waals surface area (Å²) in [5.41, 5.74) is 12.2. The van der Waals surface area contributed by atoms with Gasteiger partial charge in [-0.05, 0) is 77.5 Å². The number of hydrogen-bond donors (Lipinski definition) is 0. The quantitative estimate of drug-likeness (QED) is 0.270. The van der Waals surface area contributed by atoms with Crippen molar-refractivity contribution in [1.82, 2.24) is 0 Å². The number of para-hydroxylation sites is 3. The molecular formula is C51H45NO2. The van der Waals surface area contributed by atoms with Gasteiger partial charge in [-0.2, -0.15) is 0 Å². The summed E-state index contributed by atoms with van der Waals surface area (Å²) in [4.78, 5) is 2.62. The minimum absolute atomic E-state index is 0.0469. The minimum atomic E-state index is -0.126. The number of allylic oxidation sites excluding steroid dienone is 15. The molecule has 3 heteroatoms. The summed E-state index contributed by atoms with van der Waals surface area (Å²) < 4.78 is 13.8. The minimum Gasteiger partial charge on any atom is -0.485 e. The number of fused-ring (bicyclic) bond motifs is 5. The summed E-state index contributed by atoms with van der Waals surface area (Å²) in [6.07, 6.45) is 35.8. The predicted octanol–water partition coefficient (Wildman–Crippen LogP) is 11.9. The zero-order chi connectivity index (χ0) is 35.8. The molecular weight excluding hydrogens is 659 g/mol. The van der Waals surface area contributed by atoms with E-state index in [0.29, 0.717) is 12.0 Å². The Morgan fingerprint density at radius 3 is 2.43 bits per heavy atom. The van der Waals surface area contributed by atoms with E-state index in [1.807, 2.05) is 0 Å². The fraction of sp³-hybridized carbons (Fsp3) is 0.255. The molecule has 0 fully saturated rings. The third kappa shape index (κ3) is 4.94. The normalized spacial score (nSPS) is 31.2. The van der Waals surface area contributed by atoms with Crippen LogP contribution in [0.5, 0.6) is 11.5 Å². The van der Waals surface area contributed by atoms with E-state index in [1.165, 1.54) is 50.4 Å². The SMILES string of the molecule is CC1(C2=CC3=C(CC2)Oc2ccccc2C3C2c3ccccc3OC3C=CC=C(C4=CCCC=C4)C32)C=CC2=C(C1)N(c1ccccc1)C1C=CC=CC21. The molecule has 0 spiro atoms. The topological polar surface area (TPSA) is 21.7 Å². The Labute approximate surface area is 319 Å². The lowest BCUT2D eigenvalue weighted by molar-refractivity contribution is 0.142. The van der Waals surface area contributed by atoms with Gasteiger partial charge in [-0.1, -0.05) is 140 Å².